The minimum atomic E-state index is -0.231. The summed E-state index contributed by atoms with van der Waals surface area (Å²) in [6, 6.07) is 9.70. The molecule has 19 heavy (non-hydrogen) atoms. The highest BCUT2D eigenvalue weighted by Gasteiger charge is 2.14. The van der Waals surface area contributed by atoms with Crippen molar-refractivity contribution in [1.82, 2.24) is 10.5 Å². The van der Waals surface area contributed by atoms with Gasteiger partial charge in [0.1, 0.15) is 0 Å². The van der Waals surface area contributed by atoms with E-state index in [9.17, 15) is 4.79 Å². The van der Waals surface area contributed by atoms with Crippen LogP contribution in [0.15, 0.2) is 39.3 Å². The number of carbonyl (C=O) groups is 1. The minimum absolute atomic E-state index is 0.0269. The Morgan fingerprint density at radius 1 is 1.42 bits per heavy atom. The molecule has 1 atom stereocenters. The fourth-order valence-electron chi connectivity index (χ4n) is 1.79. The molecule has 0 saturated carbocycles. The third-order valence-corrected chi connectivity index (χ3v) is 3.21. The minimum Gasteiger partial charge on any atom is -0.351 e. The molecule has 1 heterocycles. The molecule has 1 aromatic carbocycles. The summed E-state index contributed by atoms with van der Waals surface area (Å²) >= 11 is 3.40. The van der Waals surface area contributed by atoms with Gasteiger partial charge in [-0.3, -0.25) is 4.79 Å². The number of hydrogen-bond acceptors (Lipinski definition) is 3. The number of hydrogen-bond donors (Lipinski definition) is 1. The van der Waals surface area contributed by atoms with Gasteiger partial charge in [0.05, 0.1) is 5.69 Å². The van der Waals surface area contributed by atoms with Gasteiger partial charge >= 0.3 is 0 Å². The molecule has 2 aromatic rings. The van der Waals surface area contributed by atoms with E-state index in [1.54, 1.807) is 13.0 Å². The van der Waals surface area contributed by atoms with E-state index in [0.717, 1.165) is 10.9 Å². The van der Waals surface area contributed by atoms with Crippen molar-refractivity contribution in [1.29, 1.82) is 0 Å². The number of nitrogens with zero attached hydrogens (tertiary/aromatic N) is 1. The second-order valence-electron chi connectivity index (χ2n) is 4.54. The number of halogens is 1. The summed E-state index contributed by atoms with van der Waals surface area (Å²) in [5.74, 6) is 0.0189. The SMILES string of the molecule is Cc1cc(C(=O)N[C@H](C)Cc2ccc(Br)cc2)on1. The molecule has 1 aromatic heterocycles. The molecule has 1 amide bonds. The van der Waals surface area contributed by atoms with E-state index in [4.69, 9.17) is 4.52 Å². The summed E-state index contributed by atoms with van der Waals surface area (Å²) in [7, 11) is 0. The van der Waals surface area contributed by atoms with E-state index >= 15 is 0 Å². The number of nitrogens with one attached hydrogen (secondary N) is 1. The first kappa shape index (κ1) is 13.8. The van der Waals surface area contributed by atoms with Gasteiger partial charge < -0.3 is 9.84 Å². The Balaban J connectivity index is 1.92. The maximum atomic E-state index is 11.9. The van der Waals surface area contributed by atoms with Crippen LogP contribution in [0.25, 0.3) is 0 Å². The molecule has 0 aliphatic carbocycles. The lowest BCUT2D eigenvalue weighted by atomic mass is 10.1. The van der Waals surface area contributed by atoms with E-state index in [0.29, 0.717) is 5.69 Å². The average molecular weight is 323 g/mol. The summed E-state index contributed by atoms with van der Waals surface area (Å²) in [6.07, 6.45) is 0.770. The Morgan fingerprint density at radius 2 is 2.11 bits per heavy atom. The largest absolute Gasteiger partial charge is 0.351 e. The number of carbonyl (C=O) groups excluding carboxylic acids is 1. The summed E-state index contributed by atoms with van der Waals surface area (Å²) in [6.45, 7) is 3.74. The van der Waals surface area contributed by atoms with Crippen LogP contribution in [-0.4, -0.2) is 17.1 Å². The van der Waals surface area contributed by atoms with Gasteiger partial charge in [-0.15, -0.1) is 0 Å². The quantitative estimate of drug-likeness (QED) is 0.941. The maximum absolute atomic E-state index is 11.9. The third kappa shape index (κ3) is 3.92. The number of aryl methyl sites for hydroxylation is 1. The van der Waals surface area contributed by atoms with Crippen LogP contribution in [0.1, 0.15) is 28.7 Å². The van der Waals surface area contributed by atoms with Crippen molar-refractivity contribution >= 4 is 21.8 Å². The van der Waals surface area contributed by atoms with Crippen molar-refractivity contribution in [2.24, 2.45) is 0 Å². The molecule has 0 aliphatic heterocycles. The predicted molar refractivity (Wildman–Crippen MR) is 76.0 cm³/mol. The smallest absolute Gasteiger partial charge is 0.290 e. The molecule has 0 unspecified atom stereocenters. The fourth-order valence-corrected chi connectivity index (χ4v) is 2.05. The third-order valence-electron chi connectivity index (χ3n) is 2.68. The van der Waals surface area contributed by atoms with Gasteiger partial charge in [0.15, 0.2) is 0 Å². The molecule has 5 heteroatoms. The van der Waals surface area contributed by atoms with Crippen LogP contribution in [0.4, 0.5) is 0 Å². The lowest BCUT2D eigenvalue weighted by Crippen LogP contribution is -2.33. The Morgan fingerprint density at radius 3 is 2.68 bits per heavy atom. The zero-order valence-corrected chi connectivity index (χ0v) is 12.4. The second-order valence-corrected chi connectivity index (χ2v) is 5.45. The van der Waals surface area contributed by atoms with E-state index in [-0.39, 0.29) is 17.7 Å². The maximum Gasteiger partial charge on any atom is 0.290 e. The first-order chi connectivity index (χ1) is 9.04. The molecule has 100 valence electrons. The monoisotopic (exact) mass is 322 g/mol. The highest BCUT2D eigenvalue weighted by Crippen LogP contribution is 2.12. The molecular formula is C14H15BrN2O2. The molecular weight excluding hydrogens is 308 g/mol. The van der Waals surface area contributed by atoms with E-state index in [1.165, 1.54) is 5.56 Å². The summed E-state index contributed by atoms with van der Waals surface area (Å²) in [5.41, 5.74) is 1.87. The first-order valence-corrected chi connectivity index (χ1v) is 6.82. The highest BCUT2D eigenvalue weighted by atomic mass is 79.9. The van der Waals surface area contributed by atoms with Gasteiger partial charge in [-0.2, -0.15) is 0 Å². The van der Waals surface area contributed by atoms with Crippen LogP contribution in [0.5, 0.6) is 0 Å². The van der Waals surface area contributed by atoms with Crippen molar-refractivity contribution < 1.29 is 9.32 Å². The summed E-state index contributed by atoms with van der Waals surface area (Å²) < 4.78 is 5.97. The van der Waals surface area contributed by atoms with Gasteiger partial charge in [0.25, 0.3) is 5.91 Å². The van der Waals surface area contributed by atoms with Crippen LogP contribution in [0, 0.1) is 6.92 Å². The van der Waals surface area contributed by atoms with Crippen molar-refractivity contribution in [3.8, 4) is 0 Å². The van der Waals surface area contributed by atoms with E-state index < -0.39 is 0 Å². The van der Waals surface area contributed by atoms with Gasteiger partial charge in [-0.25, -0.2) is 0 Å². The molecule has 4 nitrogen and oxygen atoms in total. The van der Waals surface area contributed by atoms with Crippen molar-refractivity contribution in [2.75, 3.05) is 0 Å². The number of benzene rings is 1. The normalized spacial score (nSPS) is 12.2. The van der Waals surface area contributed by atoms with Crippen LogP contribution in [0.2, 0.25) is 0 Å². The number of amides is 1. The molecule has 0 fully saturated rings. The summed E-state index contributed by atoms with van der Waals surface area (Å²) in [5, 5.41) is 6.59. The molecule has 0 bridgehead atoms. The van der Waals surface area contributed by atoms with Gasteiger partial charge in [0, 0.05) is 16.6 Å². The molecule has 0 saturated heterocycles. The van der Waals surface area contributed by atoms with Gasteiger partial charge in [0.2, 0.25) is 5.76 Å². The standard InChI is InChI=1S/C14H15BrN2O2/c1-9(7-11-3-5-12(15)6-4-11)16-14(18)13-8-10(2)17-19-13/h3-6,8-9H,7H2,1-2H3,(H,16,18)/t9-/m1/s1. The van der Waals surface area contributed by atoms with Crippen LogP contribution in [-0.2, 0) is 6.42 Å². The van der Waals surface area contributed by atoms with Crippen molar-refractivity contribution in [2.45, 2.75) is 26.3 Å². The molecule has 2 rings (SSSR count). The van der Waals surface area contributed by atoms with Crippen molar-refractivity contribution in [3.05, 3.63) is 51.8 Å². The van der Waals surface area contributed by atoms with E-state index in [2.05, 4.69) is 26.4 Å². The average Bonchev–Trinajstić information content (AvgIpc) is 2.79. The lowest BCUT2D eigenvalue weighted by molar-refractivity contribution is 0.0903. The zero-order valence-electron chi connectivity index (χ0n) is 10.8. The molecule has 1 N–H and O–H groups in total. The summed E-state index contributed by atoms with van der Waals surface area (Å²) in [4.78, 5) is 11.9. The Labute approximate surface area is 120 Å². The first-order valence-electron chi connectivity index (χ1n) is 6.03. The molecule has 0 aliphatic rings. The zero-order chi connectivity index (χ0) is 13.8. The van der Waals surface area contributed by atoms with E-state index in [1.807, 2.05) is 31.2 Å². The molecule has 0 radical (unpaired) electrons. The lowest BCUT2D eigenvalue weighted by Gasteiger charge is -2.12. The molecule has 0 spiro atoms. The second kappa shape index (κ2) is 6.02. The Kier molecular flexibility index (Phi) is 4.37. The van der Waals surface area contributed by atoms with Crippen molar-refractivity contribution in [3.63, 3.8) is 0 Å². The predicted octanol–water partition coefficient (Wildman–Crippen LogP) is 3.11. The van der Waals surface area contributed by atoms with Crippen LogP contribution < -0.4 is 5.32 Å². The van der Waals surface area contributed by atoms with Crippen LogP contribution >= 0.6 is 15.9 Å². The Bertz CT molecular complexity index is 563. The Hall–Kier alpha value is -1.62. The topological polar surface area (TPSA) is 55.1 Å². The van der Waals surface area contributed by atoms with Gasteiger partial charge in [-0.1, -0.05) is 33.2 Å². The van der Waals surface area contributed by atoms with Crippen LogP contribution in [0.3, 0.4) is 0 Å². The number of rotatable bonds is 4. The number of aromatic nitrogens is 1. The van der Waals surface area contributed by atoms with Gasteiger partial charge in [-0.05, 0) is 38.0 Å². The fraction of sp³-hybridized carbons (Fsp3) is 0.286. The highest BCUT2D eigenvalue weighted by molar-refractivity contribution is 9.10.